The summed E-state index contributed by atoms with van der Waals surface area (Å²) in [5.74, 6) is -0.311. The molecule has 0 atom stereocenters. The minimum Gasteiger partial charge on any atom is -0.497 e. The van der Waals surface area contributed by atoms with Crippen LogP contribution in [0.4, 0.5) is 24.7 Å². The Kier molecular flexibility index (Phi) is 4.35. The standard InChI is InChI=1S/C17H14F3N3O2/c1-24-10-7-8-11-13(9-10)22-16(17(18,19)20)23-15(11)21-12-5-3-4-6-14(12)25-2/h3-9H,1-2H3,(H,21,22,23). The number of nitrogens with one attached hydrogen (secondary N) is 1. The number of rotatable bonds is 4. The van der Waals surface area contributed by atoms with Gasteiger partial charge in [-0.05, 0) is 24.3 Å². The molecule has 0 aliphatic carbocycles. The van der Waals surface area contributed by atoms with Crippen LogP contribution in [-0.2, 0) is 6.18 Å². The molecular weight excluding hydrogens is 335 g/mol. The summed E-state index contributed by atoms with van der Waals surface area (Å²) in [6.07, 6.45) is -4.67. The second-order valence-electron chi connectivity index (χ2n) is 5.10. The summed E-state index contributed by atoms with van der Waals surface area (Å²) in [4.78, 5) is 7.27. The summed E-state index contributed by atoms with van der Waals surface area (Å²) in [6, 6.07) is 11.5. The van der Waals surface area contributed by atoms with Gasteiger partial charge in [-0.1, -0.05) is 12.1 Å². The Labute approximate surface area is 141 Å². The van der Waals surface area contributed by atoms with Gasteiger partial charge in [0.1, 0.15) is 17.3 Å². The average molecular weight is 349 g/mol. The predicted octanol–water partition coefficient (Wildman–Crippen LogP) is 4.41. The van der Waals surface area contributed by atoms with E-state index in [1.807, 2.05) is 0 Å². The van der Waals surface area contributed by atoms with Crippen LogP contribution in [0.1, 0.15) is 5.82 Å². The molecule has 0 saturated heterocycles. The fourth-order valence-corrected chi connectivity index (χ4v) is 2.33. The van der Waals surface area contributed by atoms with E-state index < -0.39 is 12.0 Å². The summed E-state index contributed by atoms with van der Waals surface area (Å²) < 4.78 is 49.7. The van der Waals surface area contributed by atoms with E-state index in [0.717, 1.165) is 0 Å². The minimum atomic E-state index is -4.67. The van der Waals surface area contributed by atoms with E-state index in [4.69, 9.17) is 9.47 Å². The number of aromatic nitrogens is 2. The van der Waals surface area contributed by atoms with Crippen LogP contribution in [0, 0.1) is 0 Å². The van der Waals surface area contributed by atoms with Crippen molar-refractivity contribution >= 4 is 22.4 Å². The maximum Gasteiger partial charge on any atom is 0.451 e. The Balaban J connectivity index is 2.18. The van der Waals surface area contributed by atoms with Gasteiger partial charge in [-0.3, -0.25) is 0 Å². The molecular formula is C17H14F3N3O2. The Morgan fingerprint density at radius 3 is 2.40 bits per heavy atom. The SMILES string of the molecule is COc1ccc2c(Nc3ccccc3OC)nc(C(F)(F)F)nc2c1. The maximum atomic E-state index is 13.2. The molecule has 8 heteroatoms. The lowest BCUT2D eigenvalue weighted by atomic mass is 10.2. The Bertz CT molecular complexity index is 913. The molecule has 0 bridgehead atoms. The molecule has 2 aromatic carbocycles. The normalized spacial score (nSPS) is 11.4. The predicted molar refractivity (Wildman–Crippen MR) is 87.4 cm³/mol. The zero-order valence-corrected chi connectivity index (χ0v) is 13.4. The monoisotopic (exact) mass is 349 g/mol. The number of nitrogens with zero attached hydrogens (tertiary/aromatic N) is 2. The van der Waals surface area contributed by atoms with Crippen LogP contribution in [0.3, 0.4) is 0 Å². The highest BCUT2D eigenvalue weighted by molar-refractivity contribution is 5.92. The van der Waals surface area contributed by atoms with E-state index in [9.17, 15) is 13.2 Å². The number of para-hydroxylation sites is 2. The van der Waals surface area contributed by atoms with Crippen LogP contribution in [-0.4, -0.2) is 24.2 Å². The molecule has 5 nitrogen and oxygen atoms in total. The molecule has 0 aliphatic rings. The van der Waals surface area contributed by atoms with Crippen LogP contribution in [0.25, 0.3) is 10.9 Å². The van der Waals surface area contributed by atoms with E-state index in [2.05, 4.69) is 15.3 Å². The van der Waals surface area contributed by atoms with Crippen molar-refractivity contribution in [2.75, 3.05) is 19.5 Å². The van der Waals surface area contributed by atoms with Gasteiger partial charge in [0.15, 0.2) is 0 Å². The maximum absolute atomic E-state index is 13.2. The number of anilines is 2. The Morgan fingerprint density at radius 2 is 1.72 bits per heavy atom. The lowest BCUT2D eigenvalue weighted by Crippen LogP contribution is -2.13. The zero-order chi connectivity index (χ0) is 18.0. The van der Waals surface area contributed by atoms with Crippen molar-refractivity contribution in [2.24, 2.45) is 0 Å². The van der Waals surface area contributed by atoms with E-state index in [1.54, 1.807) is 36.4 Å². The Hall–Kier alpha value is -3.03. The molecule has 3 rings (SSSR count). The minimum absolute atomic E-state index is 0.0319. The molecule has 25 heavy (non-hydrogen) atoms. The van der Waals surface area contributed by atoms with E-state index in [1.165, 1.54) is 20.3 Å². The van der Waals surface area contributed by atoms with Gasteiger partial charge in [0.2, 0.25) is 5.82 Å². The summed E-state index contributed by atoms with van der Waals surface area (Å²) in [5.41, 5.74) is 0.619. The van der Waals surface area contributed by atoms with Crippen LogP contribution >= 0.6 is 0 Å². The zero-order valence-electron chi connectivity index (χ0n) is 13.4. The lowest BCUT2D eigenvalue weighted by Gasteiger charge is -2.14. The molecule has 0 radical (unpaired) electrons. The van der Waals surface area contributed by atoms with Gasteiger partial charge in [0.25, 0.3) is 0 Å². The molecule has 0 spiro atoms. The van der Waals surface area contributed by atoms with E-state index >= 15 is 0 Å². The largest absolute Gasteiger partial charge is 0.497 e. The molecule has 1 heterocycles. The van der Waals surface area contributed by atoms with Crippen molar-refractivity contribution in [2.45, 2.75) is 6.18 Å². The number of fused-ring (bicyclic) bond motifs is 1. The second kappa shape index (κ2) is 6.46. The number of benzene rings is 2. The topological polar surface area (TPSA) is 56.3 Å². The van der Waals surface area contributed by atoms with Crippen molar-refractivity contribution in [3.63, 3.8) is 0 Å². The van der Waals surface area contributed by atoms with Gasteiger partial charge >= 0.3 is 6.18 Å². The van der Waals surface area contributed by atoms with Gasteiger partial charge in [0.05, 0.1) is 25.4 Å². The van der Waals surface area contributed by atoms with Crippen molar-refractivity contribution < 1.29 is 22.6 Å². The van der Waals surface area contributed by atoms with Gasteiger partial charge in [-0.25, -0.2) is 9.97 Å². The molecule has 0 saturated carbocycles. The number of hydrogen-bond donors (Lipinski definition) is 1. The highest BCUT2D eigenvalue weighted by Crippen LogP contribution is 2.34. The van der Waals surface area contributed by atoms with Gasteiger partial charge in [0, 0.05) is 11.5 Å². The number of halogens is 3. The number of methoxy groups -OCH3 is 2. The van der Waals surface area contributed by atoms with Crippen molar-refractivity contribution in [3.05, 3.63) is 48.3 Å². The molecule has 130 valence electrons. The smallest absolute Gasteiger partial charge is 0.451 e. The third-order valence-electron chi connectivity index (χ3n) is 3.52. The highest BCUT2D eigenvalue weighted by atomic mass is 19.4. The number of alkyl halides is 3. The van der Waals surface area contributed by atoms with Crippen molar-refractivity contribution in [1.82, 2.24) is 9.97 Å². The Morgan fingerprint density at radius 1 is 0.960 bits per heavy atom. The molecule has 3 aromatic rings. The van der Waals surface area contributed by atoms with E-state index in [0.29, 0.717) is 22.6 Å². The van der Waals surface area contributed by atoms with Crippen molar-refractivity contribution in [3.8, 4) is 11.5 Å². The van der Waals surface area contributed by atoms with Crippen LogP contribution in [0.2, 0.25) is 0 Å². The molecule has 1 N–H and O–H groups in total. The molecule has 0 aliphatic heterocycles. The average Bonchev–Trinajstić information content (AvgIpc) is 2.60. The first-order chi connectivity index (χ1) is 11.9. The third-order valence-corrected chi connectivity index (χ3v) is 3.52. The van der Waals surface area contributed by atoms with Crippen LogP contribution in [0.15, 0.2) is 42.5 Å². The second-order valence-corrected chi connectivity index (χ2v) is 5.10. The van der Waals surface area contributed by atoms with Gasteiger partial charge in [-0.15, -0.1) is 0 Å². The molecule has 0 unspecified atom stereocenters. The first-order valence-corrected chi connectivity index (χ1v) is 7.25. The van der Waals surface area contributed by atoms with Gasteiger partial charge < -0.3 is 14.8 Å². The van der Waals surface area contributed by atoms with Crippen LogP contribution < -0.4 is 14.8 Å². The summed E-state index contributed by atoms with van der Waals surface area (Å²) in [6.45, 7) is 0. The van der Waals surface area contributed by atoms with E-state index in [-0.39, 0.29) is 11.3 Å². The van der Waals surface area contributed by atoms with Gasteiger partial charge in [-0.2, -0.15) is 13.2 Å². The first kappa shape index (κ1) is 16.8. The summed E-state index contributed by atoms with van der Waals surface area (Å²) in [5, 5.41) is 3.33. The fraction of sp³-hybridized carbons (Fsp3) is 0.176. The first-order valence-electron chi connectivity index (χ1n) is 7.25. The number of hydrogen-bond acceptors (Lipinski definition) is 5. The lowest BCUT2D eigenvalue weighted by molar-refractivity contribution is -0.144. The number of ether oxygens (including phenoxy) is 2. The van der Waals surface area contributed by atoms with Crippen LogP contribution in [0.5, 0.6) is 11.5 Å². The van der Waals surface area contributed by atoms with Crippen molar-refractivity contribution in [1.29, 1.82) is 0 Å². The summed E-state index contributed by atoms with van der Waals surface area (Å²) >= 11 is 0. The highest BCUT2D eigenvalue weighted by Gasteiger charge is 2.35. The molecule has 1 aromatic heterocycles. The summed E-state index contributed by atoms with van der Waals surface area (Å²) in [7, 11) is 2.91. The third kappa shape index (κ3) is 3.42. The molecule has 0 fully saturated rings. The molecule has 0 amide bonds. The quantitative estimate of drug-likeness (QED) is 0.756. The fourth-order valence-electron chi connectivity index (χ4n) is 2.33.